The van der Waals surface area contributed by atoms with Crippen molar-refractivity contribution in [3.8, 4) is 0 Å². The summed E-state index contributed by atoms with van der Waals surface area (Å²) in [4.78, 5) is 168. The molecule has 10 heterocycles. The van der Waals surface area contributed by atoms with Gasteiger partial charge in [0.15, 0.2) is 71.6 Å². The zero-order valence-electron chi connectivity index (χ0n) is 59.7. The van der Waals surface area contributed by atoms with Crippen molar-refractivity contribution >= 4 is 86.5 Å². The summed E-state index contributed by atoms with van der Waals surface area (Å²) in [6.45, 7) is -0.173. The number of carbonyl (C=O) groups is 6. The minimum atomic E-state index is -2.50. The zero-order chi connectivity index (χ0) is 82.5. The fourth-order valence-corrected chi connectivity index (χ4v) is 11.7. The molecule has 0 aliphatic carbocycles. The monoisotopic (exact) mass is 1610 g/mol. The smallest absolute Gasteiger partial charge is 0.338 e. The van der Waals surface area contributed by atoms with Gasteiger partial charge in [0.2, 0.25) is 34.9 Å². The number of nitrogens with two attached hydrogens (primary N) is 1. The van der Waals surface area contributed by atoms with E-state index in [0.717, 1.165) is 34.1 Å². The fraction of sp³-hybridized carbons (Fsp3) is 0.250. The van der Waals surface area contributed by atoms with E-state index in [0.29, 0.717) is 16.9 Å². The first-order valence-corrected chi connectivity index (χ1v) is 33.3. The van der Waals surface area contributed by atoms with E-state index in [9.17, 15) is 72.9 Å². The van der Waals surface area contributed by atoms with Gasteiger partial charge in [-0.25, -0.2) is 52.1 Å². The number of aromatic amines is 5. The summed E-state index contributed by atoms with van der Waals surface area (Å²) >= 11 is 0. The van der Waals surface area contributed by atoms with E-state index in [2.05, 4.69) is 80.6 Å². The topological polar surface area (TPSA) is 670 Å². The molecular weight excluding hydrogens is 1540 g/mol. The molecule has 4 aromatic carbocycles. The van der Waals surface area contributed by atoms with E-state index in [4.69, 9.17) is 50.0 Å². The van der Waals surface area contributed by atoms with E-state index < -0.39 is 145 Å². The lowest BCUT2D eigenvalue weighted by Crippen LogP contribution is -2.44. The number of rotatable bonds is 19. The van der Waals surface area contributed by atoms with Gasteiger partial charge >= 0.3 is 29.6 Å². The molecule has 600 valence electrons. The van der Waals surface area contributed by atoms with Crippen LogP contribution in [-0.4, -0.2) is 178 Å². The summed E-state index contributed by atoms with van der Waals surface area (Å²) in [5, 5.41) is 34.3. The van der Waals surface area contributed by atoms with Gasteiger partial charge in [-0.1, -0.05) is 88.1 Å². The number of nitrogens with zero attached hydrogens (tertiary/aromatic N) is 16. The highest BCUT2D eigenvalue weighted by Gasteiger charge is 2.62. The molecule has 48 heteroatoms. The minimum absolute atomic E-state index is 0. The molecule has 0 spiro atoms. The van der Waals surface area contributed by atoms with Crippen LogP contribution < -0.4 is 50.4 Å². The van der Waals surface area contributed by atoms with Crippen LogP contribution in [0.4, 0.5) is 30.8 Å². The summed E-state index contributed by atoms with van der Waals surface area (Å²) in [5.74, 6) is -4.14. The van der Waals surface area contributed by atoms with Crippen LogP contribution in [0.25, 0.3) is 64.6 Å². The van der Waals surface area contributed by atoms with Crippen molar-refractivity contribution in [2.75, 3.05) is 36.2 Å². The Bertz CT molecular complexity index is 5960. The molecule has 116 heavy (non-hydrogen) atoms. The van der Waals surface area contributed by atoms with Crippen molar-refractivity contribution in [3.63, 3.8) is 0 Å². The molecule has 0 unspecified atom stereocenters. The Hall–Kier alpha value is -15.2. The van der Waals surface area contributed by atoms with Crippen LogP contribution in [0, 0.1) is 0 Å². The molecule has 0 bridgehead atoms. The summed E-state index contributed by atoms with van der Waals surface area (Å²) in [6.07, 6.45) is -12.4. The third kappa shape index (κ3) is 17.9. The first-order chi connectivity index (χ1) is 55.2. The van der Waals surface area contributed by atoms with E-state index in [1.54, 1.807) is 78.9 Å². The van der Waals surface area contributed by atoms with Crippen LogP contribution in [0.2, 0.25) is 0 Å². The molecule has 2 amide bonds. The predicted octanol–water partition coefficient (Wildman–Crippen LogP) is 5.43. The molecule has 11 aromatic rings. The second-order valence-corrected chi connectivity index (χ2v) is 24.6. The fourth-order valence-electron chi connectivity index (χ4n) is 11.7. The number of nitrogens with one attached hydrogen (secondary N) is 7. The summed E-state index contributed by atoms with van der Waals surface area (Å²) in [7, 11) is 0. The van der Waals surface area contributed by atoms with Crippen LogP contribution >= 0.6 is 0 Å². The molecule has 0 saturated carbocycles. The number of carbonyl (C=O) groups excluding carboxylic acids is 6. The number of imidazole rings is 3. The maximum absolute atomic E-state index is 16.4. The molecule has 14 rings (SSSR count). The Labute approximate surface area is 642 Å². The number of aromatic nitrogens is 12. The number of azide groups is 3. The Balaban J connectivity index is 0.000000173. The number of alkyl halides is 3. The molecule has 12 atom stereocenters. The van der Waals surface area contributed by atoms with Gasteiger partial charge in [-0.3, -0.25) is 52.4 Å². The number of amides is 2. The van der Waals surface area contributed by atoms with E-state index in [1.165, 1.54) is 79.3 Å². The number of hydrogen-bond acceptors (Lipinski definition) is 29. The van der Waals surface area contributed by atoms with Gasteiger partial charge in [-0.2, -0.15) is 4.98 Å². The minimum Gasteiger partial charge on any atom is -0.459 e. The lowest BCUT2D eigenvalue weighted by atomic mass is 10.1. The highest BCUT2D eigenvalue weighted by molar-refractivity contribution is 5.93. The third-order valence-corrected chi connectivity index (χ3v) is 17.0. The summed E-state index contributed by atoms with van der Waals surface area (Å²) in [6, 6.07) is 34.9. The quantitative estimate of drug-likeness (QED) is 0.0158. The number of esters is 4. The zero-order valence-corrected chi connectivity index (χ0v) is 59.7. The molecule has 45 nitrogen and oxygen atoms in total. The van der Waals surface area contributed by atoms with Crippen molar-refractivity contribution in [1.82, 2.24) is 64.7 Å². The van der Waals surface area contributed by atoms with Gasteiger partial charge in [0.25, 0.3) is 22.2 Å². The van der Waals surface area contributed by atoms with Crippen molar-refractivity contribution in [2.24, 2.45) is 15.3 Å². The van der Waals surface area contributed by atoms with Gasteiger partial charge in [0.1, 0.15) is 31.0 Å². The van der Waals surface area contributed by atoms with E-state index in [-0.39, 0.29) is 73.8 Å². The SMILES string of the molecule is CC(=O)Nc1cc2[nH]cnc2c(=O)[nH]1.CC(=O)Nc1cc2c(ncn2[C@@H]2O[C@@](COC(=O)c3ccccc3)(N=[N+]=[N-])[C@@H](F)[C@H]2OC(=O)c2ccccc2)c(=O)[nH]1.N.[N-]=[N+]=N[C@]1(CO)O[C@@H](n2cnc3c(=O)[nH]c(N)nc32)[C@H](O)[C@@H]1F.[N-]=[N+]=N[C@]1(COC(=O)c2ccccc2)O[C@@H](n2ccc(=O)[nH]c2=O)[C@H](OC(=O)c2ccccc2)[C@@H]1F. The predicted molar refractivity (Wildman–Crippen MR) is 393 cm³/mol. The Kier molecular flexibility index (Phi) is 25.8. The molecular formula is C68H62F3N25O20. The van der Waals surface area contributed by atoms with Crippen molar-refractivity contribution in [3.05, 3.63) is 270 Å². The number of benzene rings is 4. The van der Waals surface area contributed by atoms with Crippen molar-refractivity contribution in [1.29, 1.82) is 0 Å². The van der Waals surface area contributed by atoms with Gasteiger partial charge < -0.3 is 80.8 Å². The molecule has 0 radical (unpaired) electrons. The van der Waals surface area contributed by atoms with Gasteiger partial charge in [-0.05, 0) is 65.1 Å². The lowest BCUT2D eigenvalue weighted by molar-refractivity contribution is -0.119. The second kappa shape index (κ2) is 35.9. The van der Waals surface area contributed by atoms with Gasteiger partial charge in [0.05, 0.1) is 58.9 Å². The number of hydrogen-bond donors (Lipinski definition) is 11. The van der Waals surface area contributed by atoms with Crippen LogP contribution in [0.1, 0.15) is 74.0 Å². The second-order valence-electron chi connectivity index (χ2n) is 24.6. The molecule has 3 aliphatic rings. The molecule has 3 aliphatic heterocycles. The first-order valence-electron chi connectivity index (χ1n) is 33.3. The lowest BCUT2D eigenvalue weighted by Gasteiger charge is -2.25. The maximum atomic E-state index is 16.4. The van der Waals surface area contributed by atoms with Crippen molar-refractivity contribution < 1.29 is 85.3 Å². The first kappa shape index (κ1) is 83.3. The Morgan fingerprint density at radius 3 is 1.47 bits per heavy atom. The summed E-state index contributed by atoms with van der Waals surface area (Å²) in [5.41, 5.74) is 23.0. The number of fused-ring (bicyclic) bond motifs is 3. The number of aliphatic hydroxyl groups excluding tert-OH is 2. The number of anilines is 3. The average Bonchev–Trinajstić information content (AvgIpc) is 1.60. The normalized spacial score (nSPS) is 22.1. The van der Waals surface area contributed by atoms with E-state index >= 15 is 8.78 Å². The Morgan fingerprint density at radius 1 is 0.560 bits per heavy atom. The van der Waals surface area contributed by atoms with Crippen molar-refractivity contribution in [2.45, 2.75) is 86.5 Å². The number of H-pyrrole nitrogens is 5. The largest absolute Gasteiger partial charge is 0.459 e. The molecule has 3 saturated heterocycles. The van der Waals surface area contributed by atoms with Crippen LogP contribution in [-0.2, 0) is 42.7 Å². The number of halogens is 3. The number of nitrogen functional groups attached to an aromatic ring is 1. The highest BCUT2D eigenvalue weighted by atomic mass is 19.1. The average molecular weight is 1610 g/mol. The van der Waals surface area contributed by atoms with E-state index in [1.807, 2.05) is 4.98 Å². The van der Waals surface area contributed by atoms with Crippen LogP contribution in [0.3, 0.4) is 0 Å². The molecule has 3 fully saturated rings. The summed E-state index contributed by atoms with van der Waals surface area (Å²) < 4.78 is 87.7. The van der Waals surface area contributed by atoms with Crippen LogP contribution in [0.15, 0.2) is 204 Å². The third-order valence-electron chi connectivity index (χ3n) is 17.0. The van der Waals surface area contributed by atoms with Crippen LogP contribution in [0.5, 0.6) is 0 Å². The molecule has 14 N–H and O–H groups in total. The number of aliphatic hydroxyl groups is 2. The molecule has 7 aromatic heterocycles. The standard InChI is InChI=1S/C27H22FN7O7.C23H18FN5O7.C10H11FN8O4.C8H8N4O2.H3N/c1-15(36)31-19-12-18-20(23(37)32-19)30-14-35(18)24-21(41-26(39)17-10-6-3-7-11-17)22(28)27(42-24,33-34-29)13-40-25(38)16-8-4-2-5-9-16;24-18-17(35-21(32)15-9-5-2-6-10-15)19(29-12-11-16(30)26-22(29)33)36-23(18,27-28-25)13-34-20(31)14-7-3-1-4-8-14;11-5-4(21)8(23-10(5,1-20)17-18-13)19-2-14-3-6(19)15-9(12)16-7(3)22;1-4(13)11-6-2-5-7(8(14)12-6)10-3-9-5;/h2-12,14,21-22,24H,13H2,1H3,(H2,31,32,36,37);1-12,17-19H,13H2,(H,26,30,33);2,4-5,8,20-21H,1H2,(H3,12,15,16,22);2-3H,1H3,(H,9,10)(H2,11,12,13,14);1H3/t21-,22+,24-,27-;17-,18+,19-,23-;4-,5+,8-,10-;;/m111../s1. The number of ether oxygens (including phenoxy) is 7. The van der Waals surface area contributed by atoms with Gasteiger partial charge in [-0.15, -0.1) is 0 Å². The van der Waals surface area contributed by atoms with Gasteiger partial charge in [0, 0.05) is 53.0 Å². The number of pyridine rings is 2. The highest BCUT2D eigenvalue weighted by Crippen LogP contribution is 2.46. The maximum Gasteiger partial charge on any atom is 0.338 e. The Morgan fingerprint density at radius 2 is 0.991 bits per heavy atom.